The van der Waals surface area contributed by atoms with Crippen LogP contribution in [0.25, 0.3) is 31.3 Å². The van der Waals surface area contributed by atoms with Gasteiger partial charge in [0.2, 0.25) is 17.2 Å². The van der Waals surface area contributed by atoms with E-state index in [0.717, 1.165) is 0 Å². The van der Waals surface area contributed by atoms with Crippen LogP contribution >= 0.6 is 0 Å². The second-order valence-electron chi connectivity index (χ2n) is 14.8. The van der Waals surface area contributed by atoms with Gasteiger partial charge in [0.1, 0.15) is 0 Å². The minimum absolute atomic E-state index is 0.0355. The molecule has 0 aromatic heterocycles. The highest BCUT2D eigenvalue weighted by molar-refractivity contribution is 5.02. The van der Waals surface area contributed by atoms with Crippen molar-refractivity contribution in [2.24, 2.45) is 74.5 Å². The summed E-state index contributed by atoms with van der Waals surface area (Å²) >= 11 is 0. The van der Waals surface area contributed by atoms with Crippen LogP contribution in [0.15, 0.2) is 15.3 Å². The number of azide groups is 3. The molecule has 0 aromatic rings. The molecule has 0 aliphatic heterocycles. The van der Waals surface area contributed by atoms with Crippen molar-refractivity contribution in [1.29, 1.82) is 0 Å². The zero-order valence-electron chi connectivity index (χ0n) is 27.6. The molecule has 50 heavy (non-hydrogen) atoms. The molecular weight excluding hydrogens is 693 g/mol. The van der Waals surface area contributed by atoms with Crippen molar-refractivity contribution < 1.29 is 54.8 Å². The maximum atomic E-state index is 14.3. The van der Waals surface area contributed by atoms with Crippen LogP contribution in [0, 0.1) is 59.2 Å². The predicted octanol–water partition coefficient (Wildman–Crippen LogP) is 9.83. The van der Waals surface area contributed by atoms with Crippen LogP contribution in [0.2, 0.25) is 0 Å². The van der Waals surface area contributed by atoms with Crippen molar-refractivity contribution in [3.63, 3.8) is 0 Å². The minimum atomic E-state index is -5.43. The predicted molar refractivity (Wildman–Crippen MR) is 159 cm³/mol. The van der Waals surface area contributed by atoms with Crippen LogP contribution in [-0.4, -0.2) is 51.0 Å². The van der Waals surface area contributed by atoms with E-state index in [4.69, 9.17) is 16.6 Å². The number of nitrogens with zero attached hydrogens (tertiary/aromatic N) is 9. The van der Waals surface area contributed by atoms with E-state index in [2.05, 4.69) is 30.1 Å². The second-order valence-corrected chi connectivity index (χ2v) is 14.8. The molecule has 3 saturated carbocycles. The molecule has 3 aliphatic carbocycles. The molecule has 11 unspecified atom stereocenters. The van der Waals surface area contributed by atoms with Crippen LogP contribution in [0.5, 0.6) is 0 Å². The van der Waals surface area contributed by atoms with Crippen LogP contribution < -0.4 is 0 Å². The van der Waals surface area contributed by atoms with Crippen molar-refractivity contribution in [2.75, 3.05) is 0 Å². The fraction of sp³-hybridized carbons (Fsp3) is 1.00. The molecule has 12 nitrogen and oxygen atoms in total. The number of rotatable bonds is 10. The zero-order chi connectivity index (χ0) is 38.1. The molecule has 3 rings (SSSR count). The van der Waals surface area contributed by atoms with Crippen molar-refractivity contribution >= 4 is 0 Å². The largest absolute Gasteiger partial charge is 0.423 e. The molecule has 0 radical (unpaired) electrons. The molecule has 21 heteroatoms. The maximum Gasteiger partial charge on any atom is 0.423 e. The minimum Gasteiger partial charge on any atom is -0.376 e. The summed E-state index contributed by atoms with van der Waals surface area (Å²) in [7, 11) is 0. The third kappa shape index (κ3) is 8.13. The molecule has 0 heterocycles. The van der Waals surface area contributed by atoms with E-state index in [9.17, 15) is 54.8 Å². The quantitative estimate of drug-likeness (QED) is 0.0867. The molecule has 3 aliphatic rings. The molecule has 0 aromatic carbocycles. The monoisotopic (exact) mass is 735 g/mol. The Morgan fingerprint density at radius 2 is 0.780 bits per heavy atom. The fourth-order valence-corrected chi connectivity index (χ4v) is 8.90. The topological polar surface area (TPSA) is 207 Å². The Morgan fingerprint density at radius 1 is 0.500 bits per heavy atom. The van der Waals surface area contributed by atoms with E-state index in [1.807, 2.05) is 0 Å². The van der Waals surface area contributed by atoms with E-state index in [0.29, 0.717) is 0 Å². The fourth-order valence-electron chi connectivity index (χ4n) is 8.90. The van der Waals surface area contributed by atoms with Gasteiger partial charge in [-0.15, -0.1) is 0 Å². The highest BCUT2D eigenvalue weighted by Crippen LogP contribution is 2.56. The Kier molecular flexibility index (Phi) is 12.5. The normalized spacial score (nSPS) is 36.3. The summed E-state index contributed by atoms with van der Waals surface area (Å²) in [5, 5.41) is 39.9. The third-order valence-electron chi connectivity index (χ3n) is 12.1. The van der Waals surface area contributed by atoms with Crippen LogP contribution in [0.4, 0.5) is 39.5 Å². The first kappa shape index (κ1) is 41.6. The number of halogens is 9. The molecule has 0 spiro atoms. The summed E-state index contributed by atoms with van der Waals surface area (Å²) in [6, 6.07) is 0. The maximum absolute atomic E-state index is 14.3. The summed E-state index contributed by atoms with van der Waals surface area (Å²) in [6.45, 7) is 5.19. The van der Waals surface area contributed by atoms with E-state index < -0.39 is 83.0 Å². The molecule has 3 N–H and O–H groups in total. The van der Waals surface area contributed by atoms with Gasteiger partial charge in [-0.2, -0.15) is 39.5 Å². The van der Waals surface area contributed by atoms with E-state index in [-0.39, 0.29) is 76.0 Å². The van der Waals surface area contributed by atoms with Gasteiger partial charge >= 0.3 is 18.5 Å². The first-order chi connectivity index (χ1) is 22.9. The van der Waals surface area contributed by atoms with Crippen molar-refractivity contribution in [1.82, 2.24) is 0 Å². The lowest BCUT2D eigenvalue weighted by molar-refractivity contribution is -0.286. The second kappa shape index (κ2) is 15.0. The highest BCUT2D eigenvalue weighted by atomic mass is 19.4. The van der Waals surface area contributed by atoms with Crippen LogP contribution in [-0.2, 0) is 0 Å². The van der Waals surface area contributed by atoms with Gasteiger partial charge in [-0.05, 0) is 125 Å². The Morgan fingerprint density at radius 3 is 1.06 bits per heavy atom. The smallest absolute Gasteiger partial charge is 0.376 e. The van der Waals surface area contributed by atoms with Gasteiger partial charge in [0.15, 0.2) is 0 Å². The van der Waals surface area contributed by atoms with Gasteiger partial charge in [0.25, 0.3) is 0 Å². The first-order valence-electron chi connectivity index (χ1n) is 16.5. The Bertz CT molecular complexity index is 1270. The van der Waals surface area contributed by atoms with Gasteiger partial charge in [0, 0.05) is 32.5 Å². The summed E-state index contributed by atoms with van der Waals surface area (Å²) in [5.74, 6) is -8.47. The summed E-state index contributed by atoms with van der Waals surface area (Å²) in [5.41, 5.74) is 15.3. The number of alkyl halides is 9. The highest BCUT2D eigenvalue weighted by Gasteiger charge is 2.63. The molecule has 0 bridgehead atoms. The van der Waals surface area contributed by atoms with Crippen molar-refractivity contribution in [3.05, 3.63) is 31.3 Å². The van der Waals surface area contributed by atoms with E-state index in [1.165, 1.54) is 0 Å². The van der Waals surface area contributed by atoms with Crippen molar-refractivity contribution in [2.45, 2.75) is 121 Å². The Labute approximate surface area is 281 Å². The summed E-state index contributed by atoms with van der Waals surface area (Å²) < 4.78 is 126. The lowest BCUT2D eigenvalue weighted by atomic mass is 9.58. The average Bonchev–Trinajstić information content (AvgIpc) is 2.99. The Balaban J connectivity index is 2.00. The summed E-state index contributed by atoms with van der Waals surface area (Å²) in [6.07, 6.45) is -17.2. The zero-order valence-corrected chi connectivity index (χ0v) is 27.6. The van der Waals surface area contributed by atoms with Gasteiger partial charge in [-0.25, -0.2) is 0 Å². The van der Waals surface area contributed by atoms with Gasteiger partial charge < -0.3 is 15.3 Å². The van der Waals surface area contributed by atoms with Crippen LogP contribution in [0.1, 0.15) is 85.0 Å². The van der Waals surface area contributed by atoms with E-state index in [1.54, 1.807) is 20.8 Å². The number of aliphatic hydroxyl groups is 3. The molecular formula is C29H42F9N9O3. The Hall–Kier alpha value is -2.82. The molecule has 284 valence electrons. The average molecular weight is 736 g/mol. The van der Waals surface area contributed by atoms with Gasteiger partial charge in [0.05, 0.1) is 0 Å². The third-order valence-corrected chi connectivity index (χ3v) is 12.1. The van der Waals surface area contributed by atoms with E-state index >= 15 is 0 Å². The number of hydrogen-bond acceptors (Lipinski definition) is 6. The summed E-state index contributed by atoms with van der Waals surface area (Å²) in [4.78, 5) is 6.62. The lowest BCUT2D eigenvalue weighted by Crippen LogP contribution is -2.54. The first-order valence-corrected chi connectivity index (χ1v) is 16.5. The molecule has 11 atom stereocenters. The number of hydrogen-bond donors (Lipinski definition) is 3. The standard InChI is InChI=1S/C29H42F9N9O3/c1-14-4-6-21(24(48,42-45-39)27(30,31)32)10-17(14)8-19-12-23(26(50,44-47-41)29(36,37)38)13-20(16(19)3)9-18-11-22(7-5-15(18)2)25(49,43-46-40)28(33,34)35/h14-23,48-50H,4-13H2,1-3H3. The van der Waals surface area contributed by atoms with Gasteiger partial charge in [-0.3, -0.25) is 0 Å². The molecule has 3 fully saturated rings. The van der Waals surface area contributed by atoms with Gasteiger partial charge in [-0.1, -0.05) is 33.6 Å². The molecule has 0 amide bonds. The lowest BCUT2D eigenvalue weighted by Gasteiger charge is -2.49. The van der Waals surface area contributed by atoms with Crippen molar-refractivity contribution in [3.8, 4) is 0 Å². The molecule has 0 saturated heterocycles. The van der Waals surface area contributed by atoms with Crippen LogP contribution in [0.3, 0.4) is 0 Å². The SMILES string of the molecule is CC1CCC(C(O)(N=[N+]=[N-])C(F)(F)F)CC1CC1CC(C(O)(N=[N+]=[N-])C(F)(F)F)CC(CC2CC(C(O)(N=[N+]=[N-])C(F)(F)F)CCC2C)C1C.